The Morgan fingerprint density at radius 3 is 2.50 bits per heavy atom. The normalized spacial score (nSPS) is 17.1. The van der Waals surface area contributed by atoms with Gasteiger partial charge in [-0.25, -0.2) is 0 Å². The third-order valence-corrected chi connectivity index (χ3v) is 3.84. The number of halogens is 4. The van der Waals surface area contributed by atoms with E-state index in [9.17, 15) is 13.2 Å². The summed E-state index contributed by atoms with van der Waals surface area (Å²) in [6.45, 7) is 0.625. The Bertz CT molecular complexity index is 411. The van der Waals surface area contributed by atoms with Gasteiger partial charge in [-0.2, -0.15) is 13.2 Å². The first kappa shape index (κ1) is 13.7. The van der Waals surface area contributed by atoms with E-state index >= 15 is 0 Å². The molecule has 5 heteroatoms. The van der Waals surface area contributed by atoms with Gasteiger partial charge in [0, 0.05) is 16.7 Å². The van der Waals surface area contributed by atoms with E-state index in [4.69, 9.17) is 0 Å². The minimum atomic E-state index is -4.31. The van der Waals surface area contributed by atoms with Crippen LogP contribution in [0.25, 0.3) is 0 Å². The van der Waals surface area contributed by atoms with Gasteiger partial charge in [-0.05, 0) is 37.0 Å². The molecular weight excluding hydrogens is 307 g/mol. The zero-order chi connectivity index (χ0) is 13.2. The molecule has 0 unspecified atom stereocenters. The van der Waals surface area contributed by atoms with Gasteiger partial charge in [0.25, 0.3) is 0 Å². The summed E-state index contributed by atoms with van der Waals surface area (Å²) in [5, 5.41) is 2.95. The predicted octanol–water partition coefficient (Wildman–Crippen LogP) is 5.07. The van der Waals surface area contributed by atoms with Crippen molar-refractivity contribution in [2.45, 2.75) is 31.9 Å². The van der Waals surface area contributed by atoms with E-state index in [1.165, 1.54) is 25.0 Å². The van der Waals surface area contributed by atoms with Crippen LogP contribution in [0, 0.1) is 5.92 Å². The van der Waals surface area contributed by atoms with Crippen LogP contribution in [0.3, 0.4) is 0 Å². The number of rotatable bonds is 3. The minimum absolute atomic E-state index is 0.170. The van der Waals surface area contributed by atoms with Crippen molar-refractivity contribution >= 4 is 21.6 Å². The van der Waals surface area contributed by atoms with Crippen molar-refractivity contribution in [3.63, 3.8) is 0 Å². The average Bonchev–Trinajstić information content (AvgIpc) is 2.77. The Hall–Kier alpha value is -0.710. The Morgan fingerprint density at radius 1 is 1.22 bits per heavy atom. The molecule has 1 nitrogen and oxygen atoms in total. The van der Waals surface area contributed by atoms with Crippen LogP contribution in [0.1, 0.15) is 31.2 Å². The molecule has 0 spiro atoms. The second kappa shape index (κ2) is 5.51. The van der Waals surface area contributed by atoms with E-state index in [1.54, 1.807) is 0 Å². The van der Waals surface area contributed by atoms with E-state index in [-0.39, 0.29) is 5.69 Å². The number of nitrogens with one attached hydrogen (secondary N) is 1. The molecule has 1 saturated carbocycles. The van der Waals surface area contributed by atoms with Crippen LogP contribution in [0.5, 0.6) is 0 Å². The summed E-state index contributed by atoms with van der Waals surface area (Å²) in [5.74, 6) is 0.505. The molecule has 0 atom stereocenters. The summed E-state index contributed by atoms with van der Waals surface area (Å²) in [4.78, 5) is 0. The van der Waals surface area contributed by atoms with Gasteiger partial charge in [-0.3, -0.25) is 0 Å². The van der Waals surface area contributed by atoms with E-state index in [2.05, 4.69) is 21.2 Å². The van der Waals surface area contributed by atoms with Crippen molar-refractivity contribution < 1.29 is 13.2 Å². The molecule has 100 valence electrons. The standard InChI is InChI=1S/C13H15BrF3N/c14-10-5-6-11(13(15,16)17)12(7-10)18-8-9-3-1-2-4-9/h5-7,9,18H,1-4,8H2. The van der Waals surface area contributed by atoms with Gasteiger partial charge >= 0.3 is 6.18 Å². The van der Waals surface area contributed by atoms with E-state index in [0.717, 1.165) is 18.9 Å². The van der Waals surface area contributed by atoms with Gasteiger partial charge in [0.05, 0.1) is 5.56 Å². The topological polar surface area (TPSA) is 12.0 Å². The Balaban J connectivity index is 2.12. The van der Waals surface area contributed by atoms with Gasteiger partial charge in [-0.1, -0.05) is 28.8 Å². The Kier molecular flexibility index (Phi) is 4.20. The van der Waals surface area contributed by atoms with Crippen molar-refractivity contribution in [3.8, 4) is 0 Å². The molecule has 0 amide bonds. The minimum Gasteiger partial charge on any atom is -0.384 e. The molecule has 0 bridgehead atoms. The smallest absolute Gasteiger partial charge is 0.384 e. The van der Waals surface area contributed by atoms with Crippen molar-refractivity contribution in [2.24, 2.45) is 5.92 Å². The molecule has 1 aliphatic rings. The zero-order valence-electron chi connectivity index (χ0n) is 9.86. The summed E-state index contributed by atoms with van der Waals surface area (Å²) in [5.41, 5.74) is -0.424. The van der Waals surface area contributed by atoms with Gasteiger partial charge < -0.3 is 5.32 Å². The zero-order valence-corrected chi connectivity index (χ0v) is 11.4. The van der Waals surface area contributed by atoms with Crippen LogP contribution < -0.4 is 5.32 Å². The molecule has 1 aromatic rings. The predicted molar refractivity (Wildman–Crippen MR) is 69.6 cm³/mol. The Morgan fingerprint density at radius 2 is 1.89 bits per heavy atom. The van der Waals surface area contributed by atoms with Gasteiger partial charge in [0.1, 0.15) is 0 Å². The van der Waals surface area contributed by atoms with Crippen LogP contribution in [0.4, 0.5) is 18.9 Å². The second-order valence-corrected chi connectivity index (χ2v) is 5.63. The summed E-state index contributed by atoms with van der Waals surface area (Å²) in [6.07, 6.45) is 0.303. The maximum Gasteiger partial charge on any atom is 0.418 e. The van der Waals surface area contributed by atoms with Crippen molar-refractivity contribution in [2.75, 3.05) is 11.9 Å². The number of benzene rings is 1. The number of alkyl halides is 3. The number of anilines is 1. The molecule has 1 fully saturated rings. The largest absolute Gasteiger partial charge is 0.418 e. The van der Waals surface area contributed by atoms with E-state index in [1.807, 2.05) is 0 Å². The number of hydrogen-bond acceptors (Lipinski definition) is 1. The highest BCUT2D eigenvalue weighted by atomic mass is 79.9. The van der Waals surface area contributed by atoms with E-state index < -0.39 is 11.7 Å². The monoisotopic (exact) mass is 321 g/mol. The first-order valence-corrected chi connectivity index (χ1v) is 6.87. The third kappa shape index (κ3) is 3.40. The molecule has 2 rings (SSSR count). The highest BCUT2D eigenvalue weighted by molar-refractivity contribution is 9.10. The fourth-order valence-corrected chi connectivity index (χ4v) is 2.74. The first-order valence-electron chi connectivity index (χ1n) is 6.07. The van der Waals surface area contributed by atoms with Gasteiger partial charge in [-0.15, -0.1) is 0 Å². The maximum atomic E-state index is 12.8. The SMILES string of the molecule is FC(F)(F)c1ccc(Br)cc1NCC1CCCC1. The van der Waals surface area contributed by atoms with Crippen LogP contribution in [-0.4, -0.2) is 6.54 Å². The van der Waals surface area contributed by atoms with Gasteiger partial charge in [0.15, 0.2) is 0 Å². The molecule has 1 aliphatic carbocycles. The lowest BCUT2D eigenvalue weighted by molar-refractivity contribution is -0.137. The van der Waals surface area contributed by atoms with Crippen molar-refractivity contribution in [1.29, 1.82) is 0 Å². The molecular formula is C13H15BrF3N. The van der Waals surface area contributed by atoms with Crippen LogP contribution in [0.15, 0.2) is 22.7 Å². The second-order valence-electron chi connectivity index (χ2n) is 4.72. The van der Waals surface area contributed by atoms with Crippen LogP contribution in [-0.2, 0) is 6.18 Å². The summed E-state index contributed by atoms with van der Waals surface area (Å²) in [7, 11) is 0. The number of hydrogen-bond donors (Lipinski definition) is 1. The highest BCUT2D eigenvalue weighted by Gasteiger charge is 2.33. The third-order valence-electron chi connectivity index (χ3n) is 3.34. The van der Waals surface area contributed by atoms with E-state index in [0.29, 0.717) is 16.9 Å². The summed E-state index contributed by atoms with van der Waals surface area (Å²) >= 11 is 3.21. The fraction of sp³-hybridized carbons (Fsp3) is 0.538. The highest BCUT2D eigenvalue weighted by Crippen LogP contribution is 2.36. The molecule has 0 aromatic heterocycles. The van der Waals surface area contributed by atoms with Crippen LogP contribution in [0.2, 0.25) is 0 Å². The lowest BCUT2D eigenvalue weighted by Gasteiger charge is -2.17. The van der Waals surface area contributed by atoms with Crippen molar-refractivity contribution in [3.05, 3.63) is 28.2 Å². The maximum absolute atomic E-state index is 12.8. The lowest BCUT2D eigenvalue weighted by atomic mass is 10.1. The molecule has 0 heterocycles. The Labute approximate surface area is 113 Å². The molecule has 0 aliphatic heterocycles. The van der Waals surface area contributed by atoms with Crippen molar-refractivity contribution in [1.82, 2.24) is 0 Å². The summed E-state index contributed by atoms with van der Waals surface area (Å²) < 4.78 is 39.1. The molecule has 18 heavy (non-hydrogen) atoms. The first-order chi connectivity index (χ1) is 8.47. The molecule has 1 N–H and O–H groups in total. The lowest BCUT2D eigenvalue weighted by Crippen LogP contribution is -2.15. The summed E-state index contributed by atoms with van der Waals surface area (Å²) in [6, 6.07) is 4.03. The molecule has 1 aromatic carbocycles. The van der Waals surface area contributed by atoms with Crippen LogP contribution >= 0.6 is 15.9 Å². The molecule has 0 saturated heterocycles. The quantitative estimate of drug-likeness (QED) is 0.819. The fourth-order valence-electron chi connectivity index (χ4n) is 2.38. The average molecular weight is 322 g/mol. The molecule has 0 radical (unpaired) electrons. The van der Waals surface area contributed by atoms with Gasteiger partial charge in [0.2, 0.25) is 0 Å².